The molecule has 1 aliphatic rings. The summed E-state index contributed by atoms with van der Waals surface area (Å²) in [6, 6.07) is 19.1. The summed E-state index contributed by atoms with van der Waals surface area (Å²) in [6.45, 7) is 10.1. The van der Waals surface area contributed by atoms with Crippen LogP contribution in [0.15, 0.2) is 72.3 Å². The Hall–Kier alpha value is -4.06. The number of amides is 1. The van der Waals surface area contributed by atoms with Crippen molar-refractivity contribution in [1.29, 1.82) is 0 Å². The van der Waals surface area contributed by atoms with Crippen LogP contribution in [0.1, 0.15) is 49.1 Å². The van der Waals surface area contributed by atoms with Crippen molar-refractivity contribution < 1.29 is 24.2 Å². The standard InChI is InChI=1S/C30H31NO5/c1-6-35-24-12-8-11-23(17-24)31-27(21-10-7-9-19(4)15-21)26(29(33)30(31)34)28(32)22-13-14-25(20(5)16-22)36-18(2)3/h7-18,27,32H,6H2,1-5H3/b28-26-. The fraction of sp³-hybridized carbons (Fsp3) is 0.267. The number of hydrogen-bond donors (Lipinski definition) is 1. The Labute approximate surface area is 211 Å². The van der Waals surface area contributed by atoms with Gasteiger partial charge in [-0.3, -0.25) is 14.5 Å². The average molecular weight is 486 g/mol. The molecule has 0 bridgehead atoms. The Kier molecular flexibility index (Phi) is 7.15. The second kappa shape index (κ2) is 10.3. The first-order chi connectivity index (χ1) is 17.2. The lowest BCUT2D eigenvalue weighted by molar-refractivity contribution is -0.132. The van der Waals surface area contributed by atoms with Gasteiger partial charge in [0, 0.05) is 17.3 Å². The molecule has 1 amide bonds. The first-order valence-electron chi connectivity index (χ1n) is 12.1. The fourth-order valence-electron chi connectivity index (χ4n) is 4.48. The number of aliphatic hydroxyl groups is 1. The zero-order valence-electron chi connectivity index (χ0n) is 21.2. The van der Waals surface area contributed by atoms with Crippen molar-refractivity contribution in [3.8, 4) is 11.5 Å². The van der Waals surface area contributed by atoms with E-state index in [4.69, 9.17) is 9.47 Å². The molecule has 186 valence electrons. The van der Waals surface area contributed by atoms with Crippen molar-refractivity contribution in [3.63, 3.8) is 0 Å². The minimum absolute atomic E-state index is 0.00208. The molecule has 1 saturated heterocycles. The van der Waals surface area contributed by atoms with Gasteiger partial charge in [-0.15, -0.1) is 0 Å². The summed E-state index contributed by atoms with van der Waals surface area (Å²) in [4.78, 5) is 28.3. The van der Waals surface area contributed by atoms with Crippen molar-refractivity contribution >= 4 is 23.1 Å². The van der Waals surface area contributed by atoms with E-state index >= 15 is 0 Å². The molecule has 1 fully saturated rings. The van der Waals surface area contributed by atoms with Crippen LogP contribution in [0, 0.1) is 13.8 Å². The molecule has 36 heavy (non-hydrogen) atoms. The lowest BCUT2D eigenvalue weighted by atomic mass is 9.94. The van der Waals surface area contributed by atoms with Gasteiger partial charge in [0.15, 0.2) is 0 Å². The maximum absolute atomic E-state index is 13.4. The third-order valence-electron chi connectivity index (χ3n) is 6.02. The number of ketones is 1. The number of anilines is 1. The van der Waals surface area contributed by atoms with Gasteiger partial charge in [0.25, 0.3) is 11.7 Å². The minimum atomic E-state index is -0.798. The molecule has 1 heterocycles. The normalized spacial score (nSPS) is 17.1. The zero-order valence-corrected chi connectivity index (χ0v) is 21.2. The highest BCUT2D eigenvalue weighted by atomic mass is 16.5. The van der Waals surface area contributed by atoms with Gasteiger partial charge in [0.1, 0.15) is 17.3 Å². The number of Topliss-reactive ketones (excluding diaryl/α,β-unsaturated/α-hetero) is 1. The lowest BCUT2D eigenvalue weighted by Crippen LogP contribution is -2.29. The van der Waals surface area contributed by atoms with Gasteiger partial charge in [-0.25, -0.2) is 0 Å². The average Bonchev–Trinajstić information content (AvgIpc) is 3.10. The van der Waals surface area contributed by atoms with Gasteiger partial charge in [0.2, 0.25) is 0 Å². The summed E-state index contributed by atoms with van der Waals surface area (Å²) < 4.78 is 11.4. The van der Waals surface area contributed by atoms with Crippen LogP contribution in [0.3, 0.4) is 0 Å². The maximum Gasteiger partial charge on any atom is 0.300 e. The topological polar surface area (TPSA) is 76.1 Å². The summed E-state index contributed by atoms with van der Waals surface area (Å²) in [7, 11) is 0. The quantitative estimate of drug-likeness (QED) is 0.248. The molecule has 3 aromatic rings. The SMILES string of the molecule is CCOc1cccc(N2C(=O)C(=O)/C(=C(\O)c3ccc(OC(C)C)c(C)c3)C2c2cccc(C)c2)c1. The van der Waals surface area contributed by atoms with Crippen LogP contribution < -0.4 is 14.4 Å². The maximum atomic E-state index is 13.4. The molecule has 1 N–H and O–H groups in total. The van der Waals surface area contributed by atoms with Crippen molar-refractivity contribution in [2.75, 3.05) is 11.5 Å². The number of ether oxygens (including phenoxy) is 2. The summed E-state index contributed by atoms with van der Waals surface area (Å²) in [5.74, 6) is -0.363. The van der Waals surface area contributed by atoms with Crippen LogP contribution in [0.25, 0.3) is 5.76 Å². The predicted molar refractivity (Wildman–Crippen MR) is 141 cm³/mol. The lowest BCUT2D eigenvalue weighted by Gasteiger charge is -2.26. The molecule has 1 atom stereocenters. The molecule has 0 aliphatic carbocycles. The Morgan fingerprint density at radius 3 is 2.42 bits per heavy atom. The highest BCUT2D eigenvalue weighted by Crippen LogP contribution is 2.43. The van der Waals surface area contributed by atoms with Gasteiger partial charge >= 0.3 is 0 Å². The van der Waals surface area contributed by atoms with Crippen LogP contribution in [0.4, 0.5) is 5.69 Å². The van der Waals surface area contributed by atoms with E-state index in [0.29, 0.717) is 29.4 Å². The molecule has 4 rings (SSSR count). The third-order valence-corrected chi connectivity index (χ3v) is 6.02. The van der Waals surface area contributed by atoms with Gasteiger partial charge in [0.05, 0.1) is 24.3 Å². The highest BCUT2D eigenvalue weighted by molar-refractivity contribution is 6.51. The number of aliphatic hydroxyl groups excluding tert-OH is 1. The van der Waals surface area contributed by atoms with Crippen LogP contribution in [-0.4, -0.2) is 29.5 Å². The minimum Gasteiger partial charge on any atom is -0.507 e. The summed E-state index contributed by atoms with van der Waals surface area (Å²) in [5, 5.41) is 11.4. The Bertz CT molecular complexity index is 1340. The largest absolute Gasteiger partial charge is 0.507 e. The Balaban J connectivity index is 1.89. The molecular formula is C30H31NO5. The molecular weight excluding hydrogens is 454 g/mol. The number of nitrogens with zero attached hydrogens (tertiary/aromatic N) is 1. The summed E-state index contributed by atoms with van der Waals surface area (Å²) in [5.41, 5.74) is 3.54. The number of hydrogen-bond acceptors (Lipinski definition) is 5. The second-order valence-corrected chi connectivity index (χ2v) is 9.16. The van der Waals surface area contributed by atoms with Crippen molar-refractivity contribution in [2.45, 2.75) is 46.8 Å². The number of benzene rings is 3. The first-order valence-corrected chi connectivity index (χ1v) is 12.1. The van der Waals surface area contributed by atoms with Crippen molar-refractivity contribution in [2.24, 2.45) is 0 Å². The fourth-order valence-corrected chi connectivity index (χ4v) is 4.48. The summed E-state index contributed by atoms with van der Waals surface area (Å²) >= 11 is 0. The molecule has 0 spiro atoms. The van der Waals surface area contributed by atoms with E-state index in [0.717, 1.165) is 16.7 Å². The molecule has 3 aromatic carbocycles. The second-order valence-electron chi connectivity index (χ2n) is 9.16. The third kappa shape index (κ3) is 4.85. The van der Waals surface area contributed by atoms with Gasteiger partial charge in [-0.2, -0.15) is 0 Å². The van der Waals surface area contributed by atoms with E-state index in [1.54, 1.807) is 42.5 Å². The molecule has 0 radical (unpaired) electrons. The van der Waals surface area contributed by atoms with Crippen LogP contribution in [0.2, 0.25) is 0 Å². The van der Waals surface area contributed by atoms with E-state index in [1.807, 2.05) is 58.9 Å². The van der Waals surface area contributed by atoms with Crippen molar-refractivity contribution in [3.05, 3.63) is 94.6 Å². The highest BCUT2D eigenvalue weighted by Gasteiger charge is 2.47. The molecule has 0 saturated carbocycles. The number of aryl methyl sites for hydroxylation is 2. The first kappa shape index (κ1) is 25.0. The smallest absolute Gasteiger partial charge is 0.300 e. The van der Waals surface area contributed by atoms with E-state index in [9.17, 15) is 14.7 Å². The van der Waals surface area contributed by atoms with E-state index in [-0.39, 0.29) is 17.4 Å². The summed E-state index contributed by atoms with van der Waals surface area (Å²) in [6.07, 6.45) is 0.00208. The van der Waals surface area contributed by atoms with Crippen LogP contribution in [0.5, 0.6) is 11.5 Å². The number of carbonyl (C=O) groups excluding carboxylic acids is 2. The molecule has 6 heteroatoms. The number of carbonyl (C=O) groups is 2. The monoisotopic (exact) mass is 485 g/mol. The van der Waals surface area contributed by atoms with E-state index < -0.39 is 17.7 Å². The zero-order chi connectivity index (χ0) is 26.0. The van der Waals surface area contributed by atoms with E-state index in [1.165, 1.54) is 4.90 Å². The Morgan fingerprint density at radius 1 is 1.00 bits per heavy atom. The Morgan fingerprint density at radius 2 is 1.75 bits per heavy atom. The van der Waals surface area contributed by atoms with E-state index in [2.05, 4.69) is 0 Å². The molecule has 1 unspecified atom stereocenters. The van der Waals surface area contributed by atoms with Gasteiger partial charge in [-0.1, -0.05) is 35.9 Å². The van der Waals surface area contributed by atoms with Crippen LogP contribution >= 0.6 is 0 Å². The predicted octanol–water partition coefficient (Wildman–Crippen LogP) is 6.12. The molecule has 6 nitrogen and oxygen atoms in total. The molecule has 1 aliphatic heterocycles. The van der Waals surface area contributed by atoms with Gasteiger partial charge in [-0.05, 0) is 76.1 Å². The van der Waals surface area contributed by atoms with Gasteiger partial charge < -0.3 is 14.6 Å². The van der Waals surface area contributed by atoms with Crippen molar-refractivity contribution in [1.82, 2.24) is 0 Å². The molecule has 0 aromatic heterocycles. The number of rotatable bonds is 7. The van der Waals surface area contributed by atoms with Crippen LogP contribution in [-0.2, 0) is 9.59 Å².